The number of halogens is 1. The van der Waals surface area contributed by atoms with E-state index in [1.807, 2.05) is 41.3 Å². The van der Waals surface area contributed by atoms with Crippen molar-refractivity contribution in [3.8, 4) is 5.75 Å². The van der Waals surface area contributed by atoms with Gasteiger partial charge in [-0.05, 0) is 74.3 Å². The second kappa shape index (κ2) is 26.5. The number of fused-ring (bicyclic) bond motifs is 1. The summed E-state index contributed by atoms with van der Waals surface area (Å²) in [4.78, 5) is 68.0. The van der Waals surface area contributed by atoms with Gasteiger partial charge in [0.1, 0.15) is 24.8 Å². The van der Waals surface area contributed by atoms with Gasteiger partial charge in [0.15, 0.2) is 0 Å². The fraction of sp³-hybridized carbons (Fsp3) is 0.527. The number of imide groups is 1. The molecule has 4 aromatic rings. The summed E-state index contributed by atoms with van der Waals surface area (Å²) in [5.41, 5.74) is 6.42. The Kier molecular flexibility index (Phi) is 19.7. The van der Waals surface area contributed by atoms with Gasteiger partial charge in [0.25, 0.3) is 5.91 Å². The minimum atomic E-state index is -2.48. The predicted octanol–water partition coefficient (Wildman–Crippen LogP) is 5.53. The van der Waals surface area contributed by atoms with Crippen molar-refractivity contribution in [1.82, 2.24) is 30.0 Å². The maximum absolute atomic E-state index is 13.1. The van der Waals surface area contributed by atoms with E-state index < -0.39 is 19.1 Å². The van der Waals surface area contributed by atoms with Crippen LogP contribution in [0.15, 0.2) is 66.9 Å². The smallest absolute Gasteiger partial charge is 0.255 e. The van der Waals surface area contributed by atoms with E-state index in [2.05, 4.69) is 38.3 Å². The fourth-order valence-corrected chi connectivity index (χ4v) is 11.9. The molecule has 0 bridgehead atoms. The molecule has 17 nitrogen and oxygen atoms in total. The number of carbonyl (C=O) groups excluding carboxylic acids is 4. The van der Waals surface area contributed by atoms with Crippen LogP contribution in [0.2, 0.25) is 5.02 Å². The third kappa shape index (κ3) is 14.6. The summed E-state index contributed by atoms with van der Waals surface area (Å²) in [5, 5.41) is 3.68. The van der Waals surface area contributed by atoms with E-state index in [0.717, 1.165) is 104 Å². The minimum absolute atomic E-state index is 0.127. The number of hydrogen-bond donors (Lipinski definition) is 1. The quantitative estimate of drug-likeness (QED) is 0.0497. The number of methoxy groups -OCH3 is 1. The molecule has 1 atom stereocenters. The molecule has 3 fully saturated rings. The van der Waals surface area contributed by atoms with Crippen molar-refractivity contribution >= 4 is 53.4 Å². The molecule has 0 radical (unpaired) electrons. The molecule has 1 unspecified atom stereocenters. The van der Waals surface area contributed by atoms with E-state index in [1.165, 1.54) is 0 Å². The summed E-state index contributed by atoms with van der Waals surface area (Å²) in [6, 6.07) is 19.7. The summed E-state index contributed by atoms with van der Waals surface area (Å²) in [6.07, 6.45) is 7.16. The number of rotatable bonds is 25. The molecular weight excluding hydrogens is 985 g/mol. The second-order valence-electron chi connectivity index (χ2n) is 19.7. The largest absolute Gasteiger partial charge is 0.496 e. The molecule has 4 aliphatic rings. The molecule has 3 saturated heterocycles. The maximum Gasteiger partial charge on any atom is 0.255 e. The Bertz CT molecular complexity index is 2640. The summed E-state index contributed by atoms with van der Waals surface area (Å²) in [6.45, 7) is 12.5. The molecule has 398 valence electrons. The van der Waals surface area contributed by atoms with Gasteiger partial charge in [-0.15, -0.1) is 0 Å². The highest BCUT2D eigenvalue weighted by Crippen LogP contribution is 2.37. The topological polar surface area (TPSA) is 182 Å². The summed E-state index contributed by atoms with van der Waals surface area (Å²) < 4.78 is 41.6. The van der Waals surface area contributed by atoms with Gasteiger partial charge in [0, 0.05) is 112 Å². The van der Waals surface area contributed by atoms with Gasteiger partial charge in [0.2, 0.25) is 17.7 Å². The number of carbonyl (C=O) groups is 4. The molecule has 0 saturated carbocycles. The van der Waals surface area contributed by atoms with Gasteiger partial charge < -0.3 is 42.9 Å². The Hall–Kier alpha value is -5.26. The first-order chi connectivity index (χ1) is 35.9. The van der Waals surface area contributed by atoms with E-state index in [-0.39, 0.29) is 24.1 Å². The van der Waals surface area contributed by atoms with E-state index in [1.54, 1.807) is 37.6 Å². The van der Waals surface area contributed by atoms with Crippen molar-refractivity contribution in [1.29, 1.82) is 0 Å². The van der Waals surface area contributed by atoms with Crippen LogP contribution in [0, 0.1) is 0 Å². The number of ether oxygens (including phenoxy) is 5. The zero-order valence-electron chi connectivity index (χ0n) is 43.1. The van der Waals surface area contributed by atoms with Gasteiger partial charge in [-0.1, -0.05) is 54.1 Å². The van der Waals surface area contributed by atoms with Crippen LogP contribution < -0.4 is 20.3 Å². The van der Waals surface area contributed by atoms with Crippen LogP contribution in [0.3, 0.4) is 0 Å². The maximum atomic E-state index is 13.1. The number of nitrogens with zero attached hydrogens (tertiary/aromatic N) is 6. The minimum Gasteiger partial charge on any atom is -0.496 e. The predicted molar refractivity (Wildman–Crippen MR) is 283 cm³/mol. The van der Waals surface area contributed by atoms with Crippen LogP contribution in [-0.4, -0.2) is 173 Å². The molecule has 5 heterocycles. The van der Waals surface area contributed by atoms with Gasteiger partial charge in [-0.2, -0.15) is 0 Å². The highest BCUT2D eigenvalue weighted by molar-refractivity contribution is 7.70. The van der Waals surface area contributed by atoms with Crippen LogP contribution in [0.1, 0.15) is 82.7 Å². The van der Waals surface area contributed by atoms with Crippen LogP contribution in [-0.2, 0) is 63.7 Å². The van der Waals surface area contributed by atoms with Gasteiger partial charge in [-0.3, -0.25) is 29.4 Å². The molecule has 0 aliphatic carbocycles. The Morgan fingerprint density at radius 1 is 0.784 bits per heavy atom. The zero-order chi connectivity index (χ0) is 52.0. The highest BCUT2D eigenvalue weighted by atomic mass is 35.5. The molecule has 74 heavy (non-hydrogen) atoms. The first kappa shape index (κ1) is 55.0. The van der Waals surface area contributed by atoms with Crippen molar-refractivity contribution in [3.05, 3.63) is 111 Å². The molecule has 1 aromatic heterocycles. The average Bonchev–Trinajstić information content (AvgIpc) is 3.74. The van der Waals surface area contributed by atoms with Crippen molar-refractivity contribution in [2.75, 3.05) is 117 Å². The molecule has 1 N–H and O–H groups in total. The molecule has 8 rings (SSSR count). The normalized spacial score (nSPS) is 17.8. The van der Waals surface area contributed by atoms with Crippen LogP contribution in [0.4, 0.5) is 5.69 Å². The number of hydrogen-bond acceptors (Lipinski definition) is 14. The van der Waals surface area contributed by atoms with Crippen molar-refractivity contribution in [2.45, 2.75) is 76.4 Å². The lowest BCUT2D eigenvalue weighted by Crippen LogP contribution is -2.54. The standard InChI is InChI=1S/C55H71ClN7O10P/c1-69-49-36-43(14-13-40(49)35-51-57-37-46(56)47(58-51)34-41-8-4-5-12-50(41)74(2,3)68)60-20-17-42(18-21-60)61-22-24-62(25-23-61)53(65)19-27-71-29-31-73-33-32-72-30-28-70-26-7-10-39-9-6-11-44-45(39)38-63(55(44)67)48-15-16-52(64)59-54(48)66/h4-6,8-9,11-14,36-37,42,48H,7,10,15-35,38H2,1-3H3,(H,59,64,66). The Balaban J connectivity index is 0.640. The number of piperazine rings is 1. The number of aryl methyl sites for hydroxylation is 1. The third-order valence-corrected chi connectivity index (χ3v) is 16.3. The number of nitrogens with one attached hydrogen (secondary N) is 1. The lowest BCUT2D eigenvalue weighted by molar-refractivity contribution is -0.137. The van der Waals surface area contributed by atoms with Gasteiger partial charge >= 0.3 is 0 Å². The second-order valence-corrected chi connectivity index (χ2v) is 23.3. The van der Waals surface area contributed by atoms with Gasteiger partial charge in [0.05, 0.1) is 70.5 Å². The Labute approximate surface area is 439 Å². The number of amides is 4. The van der Waals surface area contributed by atoms with Crippen LogP contribution >= 0.6 is 18.7 Å². The third-order valence-electron chi connectivity index (χ3n) is 14.4. The van der Waals surface area contributed by atoms with Crippen molar-refractivity contribution < 1.29 is 47.4 Å². The molecule has 4 amide bonds. The van der Waals surface area contributed by atoms with E-state index in [0.29, 0.717) is 113 Å². The molecule has 4 aliphatic heterocycles. The first-order valence-electron chi connectivity index (χ1n) is 26.0. The number of anilines is 1. The average molecular weight is 1060 g/mol. The molecule has 3 aromatic carbocycles. The summed E-state index contributed by atoms with van der Waals surface area (Å²) in [5.74, 6) is 0.695. The van der Waals surface area contributed by atoms with E-state index in [9.17, 15) is 23.7 Å². The molecule has 0 spiro atoms. The van der Waals surface area contributed by atoms with Crippen molar-refractivity contribution in [2.24, 2.45) is 0 Å². The van der Waals surface area contributed by atoms with Crippen LogP contribution in [0.5, 0.6) is 5.75 Å². The first-order valence-corrected chi connectivity index (χ1v) is 29.0. The molecular formula is C55H71ClN7O10P. The van der Waals surface area contributed by atoms with E-state index >= 15 is 0 Å². The van der Waals surface area contributed by atoms with E-state index in [4.69, 9.17) is 40.3 Å². The lowest BCUT2D eigenvalue weighted by atomic mass is 10.00. The summed E-state index contributed by atoms with van der Waals surface area (Å²) in [7, 11) is -0.787. The Morgan fingerprint density at radius 3 is 2.18 bits per heavy atom. The summed E-state index contributed by atoms with van der Waals surface area (Å²) >= 11 is 6.58. The monoisotopic (exact) mass is 1060 g/mol. The highest BCUT2D eigenvalue weighted by Gasteiger charge is 2.40. The van der Waals surface area contributed by atoms with Crippen molar-refractivity contribution in [3.63, 3.8) is 0 Å². The fourth-order valence-electron chi connectivity index (χ4n) is 10.4. The number of piperidine rings is 2. The lowest BCUT2D eigenvalue weighted by Gasteiger charge is -2.43. The SMILES string of the molecule is COc1cc(N2CCC(N3CCN(C(=O)CCOCCOCCOCCOCCCc4cccc5c4CN(C4CCC(=O)NC4=O)C5=O)CC3)CC2)ccc1Cc1ncc(Cl)c(Cc2ccccc2P(C)(C)=O)n1. The Morgan fingerprint density at radius 2 is 1.47 bits per heavy atom. The number of aromatic nitrogens is 2. The van der Waals surface area contributed by atoms with Crippen LogP contribution in [0.25, 0.3) is 0 Å². The van der Waals surface area contributed by atoms with Gasteiger partial charge in [-0.25, -0.2) is 9.97 Å². The molecule has 19 heteroatoms. The zero-order valence-corrected chi connectivity index (χ0v) is 44.7. The number of benzene rings is 3.